The van der Waals surface area contributed by atoms with E-state index in [9.17, 15) is 4.79 Å². The summed E-state index contributed by atoms with van der Waals surface area (Å²) in [5.74, 6) is 0.628. The van der Waals surface area contributed by atoms with Gasteiger partial charge in [0.05, 0.1) is 7.11 Å². The van der Waals surface area contributed by atoms with Crippen LogP contribution in [0.1, 0.15) is 44.7 Å². The normalized spacial score (nSPS) is 14.2. The number of ether oxygens (including phenoxy) is 2. The van der Waals surface area contributed by atoms with Gasteiger partial charge in [0, 0.05) is 11.6 Å². The summed E-state index contributed by atoms with van der Waals surface area (Å²) in [5.41, 5.74) is 2.89. The van der Waals surface area contributed by atoms with Gasteiger partial charge in [-0.1, -0.05) is 18.2 Å². The molecule has 3 heteroatoms. The summed E-state index contributed by atoms with van der Waals surface area (Å²) in [7, 11) is 1.70. The van der Waals surface area contributed by atoms with Crippen molar-refractivity contribution < 1.29 is 14.3 Å². The highest BCUT2D eigenvalue weighted by Crippen LogP contribution is 2.36. The Balaban J connectivity index is 2.11. The van der Waals surface area contributed by atoms with Crippen LogP contribution in [0.3, 0.4) is 0 Å². The summed E-state index contributed by atoms with van der Waals surface area (Å²) in [5, 5.41) is 0. The Labute approximate surface area is 126 Å². The van der Waals surface area contributed by atoms with Crippen LogP contribution in [0.5, 0.6) is 0 Å². The predicted molar refractivity (Wildman–Crippen MR) is 84.5 cm³/mol. The van der Waals surface area contributed by atoms with Crippen LogP contribution >= 0.6 is 0 Å². The average Bonchev–Trinajstić information content (AvgIpc) is 3.20. The maximum absolute atomic E-state index is 11.7. The summed E-state index contributed by atoms with van der Waals surface area (Å²) in [6, 6.07) is 7.96. The fourth-order valence-electron chi connectivity index (χ4n) is 2.04. The molecule has 0 unspecified atom stereocenters. The lowest BCUT2D eigenvalue weighted by atomic mass is 10.1. The second-order valence-electron chi connectivity index (χ2n) is 6.13. The molecule has 0 saturated heterocycles. The molecule has 0 amide bonds. The summed E-state index contributed by atoms with van der Waals surface area (Å²) in [6.45, 7) is 5.56. The summed E-state index contributed by atoms with van der Waals surface area (Å²) >= 11 is 0. The van der Waals surface area contributed by atoms with Crippen LogP contribution in [-0.2, 0) is 14.3 Å². The second-order valence-corrected chi connectivity index (χ2v) is 6.13. The Morgan fingerprint density at radius 1 is 1.24 bits per heavy atom. The molecule has 21 heavy (non-hydrogen) atoms. The average molecular weight is 286 g/mol. The number of hydrogen-bond acceptors (Lipinski definition) is 3. The standard InChI is InChI=1S/C18H22O3/c1-18(2,3)21-16(19)11-8-13-6-5-7-15(12-13)17(20-4)14-9-10-14/h5-8,11-12H,9-10H2,1-4H3/b11-8+. The molecule has 1 aliphatic rings. The monoisotopic (exact) mass is 286 g/mol. The van der Waals surface area contributed by atoms with Gasteiger partial charge in [-0.2, -0.15) is 0 Å². The molecule has 1 fully saturated rings. The van der Waals surface area contributed by atoms with Crippen molar-refractivity contribution in [1.82, 2.24) is 0 Å². The molecular weight excluding hydrogens is 264 g/mol. The number of hydrogen-bond donors (Lipinski definition) is 0. The van der Waals surface area contributed by atoms with Crippen LogP contribution in [0.2, 0.25) is 0 Å². The smallest absolute Gasteiger partial charge is 0.331 e. The Morgan fingerprint density at radius 3 is 2.52 bits per heavy atom. The Hall–Kier alpha value is -2.03. The lowest BCUT2D eigenvalue weighted by Crippen LogP contribution is -2.22. The molecular formula is C18H22O3. The first-order chi connectivity index (χ1) is 9.89. The van der Waals surface area contributed by atoms with Crippen LogP contribution in [0.15, 0.2) is 35.9 Å². The summed E-state index contributed by atoms with van der Waals surface area (Å²) < 4.78 is 10.7. The number of carbonyl (C=O) groups is 1. The van der Waals surface area contributed by atoms with Crippen molar-refractivity contribution >= 4 is 17.8 Å². The summed E-state index contributed by atoms with van der Waals surface area (Å²) in [4.78, 5) is 11.7. The van der Waals surface area contributed by atoms with Crippen molar-refractivity contribution in [3.63, 3.8) is 0 Å². The summed E-state index contributed by atoms with van der Waals surface area (Å²) in [6.07, 6.45) is 5.45. The minimum atomic E-state index is -0.469. The van der Waals surface area contributed by atoms with Gasteiger partial charge in [0.15, 0.2) is 0 Å². The van der Waals surface area contributed by atoms with Gasteiger partial charge < -0.3 is 9.47 Å². The molecule has 0 N–H and O–H groups in total. The highest BCUT2D eigenvalue weighted by molar-refractivity contribution is 5.87. The molecule has 2 rings (SSSR count). The molecule has 0 radical (unpaired) electrons. The van der Waals surface area contributed by atoms with E-state index in [1.54, 1.807) is 13.2 Å². The quantitative estimate of drug-likeness (QED) is 0.473. The van der Waals surface area contributed by atoms with E-state index in [-0.39, 0.29) is 5.97 Å². The Kier molecular flexibility index (Phi) is 4.51. The molecule has 1 aromatic rings. The zero-order valence-electron chi connectivity index (χ0n) is 13.1. The molecule has 112 valence electrons. The van der Waals surface area contributed by atoms with Crippen molar-refractivity contribution in [2.75, 3.05) is 7.11 Å². The van der Waals surface area contributed by atoms with E-state index in [0.717, 1.165) is 29.7 Å². The third-order valence-electron chi connectivity index (χ3n) is 2.99. The highest BCUT2D eigenvalue weighted by atomic mass is 16.6. The zero-order valence-corrected chi connectivity index (χ0v) is 13.1. The Morgan fingerprint density at radius 2 is 1.95 bits per heavy atom. The minimum absolute atomic E-state index is 0.333. The van der Waals surface area contributed by atoms with Gasteiger partial charge in [-0.3, -0.25) is 0 Å². The topological polar surface area (TPSA) is 35.5 Å². The van der Waals surface area contributed by atoms with Gasteiger partial charge in [-0.05, 0) is 56.9 Å². The molecule has 0 spiro atoms. The largest absolute Gasteiger partial charge is 0.496 e. The second kappa shape index (κ2) is 6.17. The predicted octanol–water partition coefficient (Wildman–Crippen LogP) is 4.19. The Bertz CT molecular complexity index is 583. The van der Waals surface area contributed by atoms with Gasteiger partial charge in [-0.15, -0.1) is 0 Å². The SMILES string of the molecule is COC(=C1CC1)c1cccc(/C=C/C(=O)OC(C)(C)C)c1. The lowest BCUT2D eigenvalue weighted by molar-refractivity contribution is -0.148. The van der Waals surface area contributed by atoms with E-state index < -0.39 is 5.60 Å². The third-order valence-corrected chi connectivity index (χ3v) is 2.99. The number of rotatable bonds is 4. The van der Waals surface area contributed by atoms with Crippen LogP contribution in [0.4, 0.5) is 0 Å². The molecule has 0 heterocycles. The molecule has 0 bridgehead atoms. The number of carbonyl (C=O) groups excluding carboxylic acids is 1. The maximum atomic E-state index is 11.7. The van der Waals surface area contributed by atoms with Gasteiger partial charge >= 0.3 is 5.97 Å². The van der Waals surface area contributed by atoms with E-state index in [2.05, 4.69) is 0 Å². The van der Waals surface area contributed by atoms with Crippen LogP contribution in [-0.4, -0.2) is 18.7 Å². The molecule has 1 saturated carbocycles. The van der Waals surface area contributed by atoms with E-state index in [1.807, 2.05) is 45.0 Å². The van der Waals surface area contributed by atoms with E-state index in [1.165, 1.54) is 11.6 Å². The molecule has 0 atom stereocenters. The molecule has 1 aliphatic carbocycles. The van der Waals surface area contributed by atoms with Crippen molar-refractivity contribution in [3.8, 4) is 0 Å². The molecule has 0 aromatic heterocycles. The van der Waals surface area contributed by atoms with Crippen LogP contribution in [0, 0.1) is 0 Å². The van der Waals surface area contributed by atoms with Gasteiger partial charge in [-0.25, -0.2) is 4.79 Å². The van der Waals surface area contributed by atoms with Crippen LogP contribution in [0.25, 0.3) is 11.8 Å². The number of methoxy groups -OCH3 is 1. The first kappa shape index (κ1) is 15.4. The third kappa shape index (κ3) is 4.78. The van der Waals surface area contributed by atoms with Crippen molar-refractivity contribution in [1.29, 1.82) is 0 Å². The molecule has 1 aromatic carbocycles. The maximum Gasteiger partial charge on any atom is 0.331 e. The van der Waals surface area contributed by atoms with Crippen molar-refractivity contribution in [2.45, 2.75) is 39.2 Å². The first-order valence-electron chi connectivity index (χ1n) is 7.16. The van der Waals surface area contributed by atoms with Gasteiger partial charge in [0.1, 0.15) is 11.4 Å². The van der Waals surface area contributed by atoms with Gasteiger partial charge in [0.2, 0.25) is 0 Å². The van der Waals surface area contributed by atoms with Crippen molar-refractivity contribution in [3.05, 3.63) is 47.0 Å². The zero-order chi connectivity index (χ0) is 15.5. The fourth-order valence-corrected chi connectivity index (χ4v) is 2.04. The number of allylic oxidation sites excluding steroid dienone is 1. The number of esters is 1. The van der Waals surface area contributed by atoms with E-state index in [4.69, 9.17) is 9.47 Å². The molecule has 3 nitrogen and oxygen atoms in total. The van der Waals surface area contributed by atoms with Gasteiger partial charge in [0.25, 0.3) is 0 Å². The first-order valence-corrected chi connectivity index (χ1v) is 7.16. The fraction of sp³-hybridized carbons (Fsp3) is 0.389. The van der Waals surface area contributed by atoms with E-state index in [0.29, 0.717) is 0 Å². The number of benzene rings is 1. The highest BCUT2D eigenvalue weighted by Gasteiger charge is 2.19. The van der Waals surface area contributed by atoms with Crippen molar-refractivity contribution in [2.24, 2.45) is 0 Å². The van der Waals surface area contributed by atoms with Crippen LogP contribution < -0.4 is 0 Å². The van der Waals surface area contributed by atoms with E-state index >= 15 is 0 Å². The molecule has 0 aliphatic heterocycles. The lowest BCUT2D eigenvalue weighted by Gasteiger charge is -2.17. The minimum Gasteiger partial charge on any atom is -0.496 e.